The third-order valence-electron chi connectivity index (χ3n) is 4.37. The van der Waals surface area contributed by atoms with Crippen molar-refractivity contribution in [2.45, 2.75) is 51.9 Å². The molecule has 0 saturated heterocycles. The highest BCUT2D eigenvalue weighted by Crippen LogP contribution is 2.43. The van der Waals surface area contributed by atoms with Gasteiger partial charge in [0.1, 0.15) is 5.56 Å². The van der Waals surface area contributed by atoms with Gasteiger partial charge < -0.3 is 14.0 Å². The van der Waals surface area contributed by atoms with Gasteiger partial charge in [-0.15, -0.1) is 0 Å². The van der Waals surface area contributed by atoms with Crippen molar-refractivity contribution in [1.29, 1.82) is 0 Å². The fourth-order valence-electron chi connectivity index (χ4n) is 3.34. The van der Waals surface area contributed by atoms with Crippen LogP contribution in [-0.4, -0.2) is 22.1 Å². The summed E-state index contributed by atoms with van der Waals surface area (Å²) in [4.78, 5) is 22.9. The SMILES string of the molecule is CCCOC1(C)CC(C)(C)n2oc(=O)c(-c3ccc([N+](=O)[O-])cc3)c2O1. The standard InChI is InChI=1S/C18H22N2O6/c1-5-10-24-18(4)11-17(2,3)19-15(25-18)14(16(21)26-19)12-6-8-13(9-7-12)20(22)23/h6-9H,5,10-11H2,1-4H3. The number of nitro benzene ring substituents is 1. The summed E-state index contributed by atoms with van der Waals surface area (Å²) in [5, 5.41) is 10.8. The van der Waals surface area contributed by atoms with Gasteiger partial charge in [-0.25, -0.2) is 4.79 Å². The normalized spacial score (nSPS) is 21.1. The Morgan fingerprint density at radius 3 is 2.50 bits per heavy atom. The molecular weight excluding hydrogens is 340 g/mol. The molecule has 2 heterocycles. The van der Waals surface area contributed by atoms with Crippen LogP contribution in [0.2, 0.25) is 0 Å². The smallest absolute Gasteiger partial charge is 0.369 e. The van der Waals surface area contributed by atoms with Crippen molar-refractivity contribution >= 4 is 5.69 Å². The first kappa shape index (κ1) is 18.2. The molecule has 3 rings (SSSR count). The minimum Gasteiger partial charge on any atom is -0.444 e. The summed E-state index contributed by atoms with van der Waals surface area (Å²) in [5.74, 6) is -0.621. The highest BCUT2D eigenvalue weighted by atomic mass is 16.7. The highest BCUT2D eigenvalue weighted by molar-refractivity contribution is 5.69. The van der Waals surface area contributed by atoms with Gasteiger partial charge >= 0.3 is 5.63 Å². The number of rotatable bonds is 5. The Kier molecular flexibility index (Phi) is 4.39. The van der Waals surface area contributed by atoms with Crippen LogP contribution < -0.4 is 10.4 Å². The van der Waals surface area contributed by atoms with Gasteiger partial charge in [0.15, 0.2) is 0 Å². The molecule has 0 saturated carbocycles. The zero-order chi connectivity index (χ0) is 19.1. The Morgan fingerprint density at radius 1 is 1.27 bits per heavy atom. The van der Waals surface area contributed by atoms with E-state index in [9.17, 15) is 14.9 Å². The van der Waals surface area contributed by atoms with Gasteiger partial charge in [0.25, 0.3) is 5.69 Å². The van der Waals surface area contributed by atoms with Crippen molar-refractivity contribution in [2.75, 3.05) is 6.61 Å². The molecule has 1 aliphatic heterocycles. The van der Waals surface area contributed by atoms with E-state index < -0.39 is 21.9 Å². The monoisotopic (exact) mass is 362 g/mol. The molecule has 0 bridgehead atoms. The molecule has 0 amide bonds. The minimum absolute atomic E-state index is 0.0522. The van der Waals surface area contributed by atoms with Gasteiger partial charge in [0, 0.05) is 25.5 Å². The van der Waals surface area contributed by atoms with Crippen molar-refractivity contribution in [2.24, 2.45) is 0 Å². The molecule has 1 atom stereocenters. The minimum atomic E-state index is -0.897. The number of aromatic nitrogens is 1. The molecule has 0 fully saturated rings. The number of nitro groups is 1. The topological polar surface area (TPSA) is 96.7 Å². The second-order valence-corrected chi connectivity index (χ2v) is 7.23. The van der Waals surface area contributed by atoms with Gasteiger partial charge in [0.05, 0.1) is 17.1 Å². The molecule has 0 spiro atoms. The summed E-state index contributed by atoms with van der Waals surface area (Å²) in [6, 6.07) is 5.72. The van der Waals surface area contributed by atoms with E-state index in [2.05, 4.69) is 0 Å². The summed E-state index contributed by atoms with van der Waals surface area (Å²) < 4.78 is 18.8. The Balaban J connectivity index is 2.09. The van der Waals surface area contributed by atoms with Gasteiger partial charge in [-0.3, -0.25) is 10.1 Å². The van der Waals surface area contributed by atoms with E-state index in [1.54, 1.807) is 0 Å². The van der Waals surface area contributed by atoms with Crippen LogP contribution in [0.25, 0.3) is 11.1 Å². The van der Waals surface area contributed by atoms with Crippen LogP contribution in [0.15, 0.2) is 33.6 Å². The maximum Gasteiger partial charge on any atom is 0.369 e. The number of nitrogens with zero attached hydrogens (tertiary/aromatic N) is 2. The van der Waals surface area contributed by atoms with Crippen molar-refractivity contribution in [3.63, 3.8) is 0 Å². The van der Waals surface area contributed by atoms with Crippen LogP contribution in [0.1, 0.15) is 40.5 Å². The van der Waals surface area contributed by atoms with Crippen molar-refractivity contribution in [3.8, 4) is 17.0 Å². The summed E-state index contributed by atoms with van der Waals surface area (Å²) in [5.41, 5.74) is -0.410. The Labute approximate surface area is 150 Å². The van der Waals surface area contributed by atoms with E-state index in [4.69, 9.17) is 14.0 Å². The highest BCUT2D eigenvalue weighted by Gasteiger charge is 2.46. The van der Waals surface area contributed by atoms with Crippen LogP contribution >= 0.6 is 0 Å². The average molecular weight is 362 g/mol. The molecule has 0 aliphatic carbocycles. The largest absolute Gasteiger partial charge is 0.444 e. The lowest BCUT2D eigenvalue weighted by Crippen LogP contribution is -2.48. The molecule has 2 aromatic rings. The predicted octanol–water partition coefficient (Wildman–Crippen LogP) is 3.68. The molecule has 1 aliphatic rings. The van der Waals surface area contributed by atoms with Crippen LogP contribution in [0.5, 0.6) is 5.88 Å². The van der Waals surface area contributed by atoms with E-state index in [0.29, 0.717) is 18.6 Å². The van der Waals surface area contributed by atoms with Gasteiger partial charge in [-0.05, 0) is 38.0 Å². The molecule has 140 valence electrons. The molecular formula is C18H22N2O6. The van der Waals surface area contributed by atoms with E-state index in [1.807, 2.05) is 27.7 Å². The van der Waals surface area contributed by atoms with E-state index in [-0.39, 0.29) is 17.1 Å². The lowest BCUT2D eigenvalue weighted by molar-refractivity contribution is -0.384. The second kappa shape index (κ2) is 6.28. The molecule has 8 nitrogen and oxygen atoms in total. The number of fused-ring (bicyclic) bond motifs is 1. The first-order chi connectivity index (χ1) is 12.2. The number of non-ortho nitro benzene ring substituents is 1. The van der Waals surface area contributed by atoms with Crippen LogP contribution in [-0.2, 0) is 10.3 Å². The Morgan fingerprint density at radius 2 is 1.92 bits per heavy atom. The fourth-order valence-corrected chi connectivity index (χ4v) is 3.34. The Bertz CT molecular complexity index is 880. The Hall–Kier alpha value is -2.61. The summed E-state index contributed by atoms with van der Waals surface area (Å²) in [7, 11) is 0. The van der Waals surface area contributed by atoms with Gasteiger partial charge in [0.2, 0.25) is 11.7 Å². The zero-order valence-corrected chi connectivity index (χ0v) is 15.3. The van der Waals surface area contributed by atoms with E-state index >= 15 is 0 Å². The third kappa shape index (κ3) is 3.12. The summed E-state index contributed by atoms with van der Waals surface area (Å²) in [6.45, 7) is 8.25. The van der Waals surface area contributed by atoms with Crippen LogP contribution in [0.4, 0.5) is 5.69 Å². The third-order valence-corrected chi connectivity index (χ3v) is 4.37. The quantitative estimate of drug-likeness (QED) is 0.594. The second-order valence-electron chi connectivity index (χ2n) is 7.23. The number of hydrogen-bond acceptors (Lipinski definition) is 6. The maximum atomic E-state index is 12.5. The fraction of sp³-hybridized carbons (Fsp3) is 0.500. The molecule has 1 unspecified atom stereocenters. The van der Waals surface area contributed by atoms with Gasteiger partial charge in [-0.2, -0.15) is 4.74 Å². The number of ether oxygens (including phenoxy) is 2. The molecule has 0 N–H and O–H groups in total. The van der Waals surface area contributed by atoms with E-state index in [1.165, 1.54) is 29.0 Å². The van der Waals surface area contributed by atoms with Crippen molar-refractivity contribution in [1.82, 2.24) is 4.74 Å². The molecule has 1 aromatic heterocycles. The number of hydrogen-bond donors (Lipinski definition) is 0. The lowest BCUT2D eigenvalue weighted by Gasteiger charge is -2.42. The van der Waals surface area contributed by atoms with E-state index in [0.717, 1.165) is 6.42 Å². The first-order valence-corrected chi connectivity index (χ1v) is 8.51. The van der Waals surface area contributed by atoms with Crippen molar-refractivity contribution < 1.29 is 18.9 Å². The van der Waals surface area contributed by atoms with Gasteiger partial charge in [-0.1, -0.05) is 6.92 Å². The lowest BCUT2D eigenvalue weighted by atomic mass is 9.93. The molecule has 8 heteroatoms. The first-order valence-electron chi connectivity index (χ1n) is 8.51. The van der Waals surface area contributed by atoms with Crippen LogP contribution in [0, 0.1) is 10.1 Å². The average Bonchev–Trinajstić information content (AvgIpc) is 2.89. The van der Waals surface area contributed by atoms with Crippen LogP contribution in [0.3, 0.4) is 0 Å². The summed E-state index contributed by atoms with van der Waals surface area (Å²) >= 11 is 0. The molecule has 26 heavy (non-hydrogen) atoms. The zero-order valence-electron chi connectivity index (χ0n) is 15.3. The molecule has 0 radical (unpaired) electrons. The predicted molar refractivity (Wildman–Crippen MR) is 94.3 cm³/mol. The maximum absolute atomic E-state index is 12.5. The number of benzene rings is 1. The summed E-state index contributed by atoms with van der Waals surface area (Å²) in [6.07, 6.45) is 1.34. The van der Waals surface area contributed by atoms with Crippen molar-refractivity contribution in [3.05, 3.63) is 44.8 Å². The molecule has 1 aromatic carbocycles.